The number of hydrogen-bond donors (Lipinski definition) is 8. The molecule has 0 radical (unpaired) electrons. The van der Waals surface area contributed by atoms with Crippen molar-refractivity contribution in [2.45, 2.75) is 71.4 Å². The molecule has 17 rings (SSSR count). The standard InChI is InChI=1S/C29H23N3O2.C27H25N3O2.C26H23N3O2.C25H21N3O2/c33-19-20-10-14-23(15-11-20)26-18-30-29(28(31-26)24-7-2-1-3-8-24)32-27(34)17-21-12-13-22-6-4-5-9-25(22)16-21;31-19-21-14-16-22(17-15-21)24-18-28-27(26(29-24)23-11-5-2-6-12-23)30-25(32)13-7-10-20-8-3-1-4-9-20;30-18-20-11-14-21(15-12-20)23-17-27-26(25(28-23)22-9-5-2-6-10-22)29-24(31)16-13-19-7-3-1-4-8-19;29-17-19-11-13-20(14-12-19)22-16-26-25(24(27-22)21-9-5-2-6-10-21)28-23(30)15-18-7-3-1-4-8-18/h1-16,18,33H,17,19H2,(H,30,32,34);1-6,8-9,11-12,14-18,31H,7,10,13,19H2,(H,28,30,32);1-12,14-15,17,30H,13,16,18H2,(H,27,29,31);1-14,16,29H,15,17H2,(H,26,28,30). The van der Waals surface area contributed by atoms with Gasteiger partial charge in [-0.15, -0.1) is 0 Å². The molecule has 8 N–H and O–H groups in total. The Labute approximate surface area is 736 Å². The average molecular weight is 1670 g/mol. The zero-order valence-corrected chi connectivity index (χ0v) is 69.6. The van der Waals surface area contributed by atoms with E-state index in [1.165, 1.54) is 5.56 Å². The molecular weight excluding hydrogens is 1580 g/mol. The molecule has 20 nitrogen and oxygen atoms in total. The number of aliphatic hydroxyl groups is 4. The molecule has 628 valence electrons. The predicted octanol–water partition coefficient (Wildman–Crippen LogP) is 20.3. The average Bonchev–Trinajstić information content (AvgIpc) is 0.808. The van der Waals surface area contributed by atoms with Crippen molar-refractivity contribution in [1.29, 1.82) is 0 Å². The molecule has 0 aliphatic heterocycles. The van der Waals surface area contributed by atoms with Crippen molar-refractivity contribution in [2.75, 3.05) is 21.3 Å². The first-order chi connectivity index (χ1) is 62.4. The lowest BCUT2D eigenvalue weighted by Gasteiger charge is -2.12. The van der Waals surface area contributed by atoms with Gasteiger partial charge in [-0.3, -0.25) is 19.2 Å². The van der Waals surface area contributed by atoms with Gasteiger partial charge < -0.3 is 41.7 Å². The summed E-state index contributed by atoms with van der Waals surface area (Å²) in [5.74, 6) is 1.28. The van der Waals surface area contributed by atoms with Gasteiger partial charge in [-0.05, 0) is 74.5 Å². The molecule has 13 aromatic carbocycles. The fraction of sp³-hybridized carbons (Fsp3) is 0.103. The number of nitrogens with zero attached hydrogens (tertiary/aromatic N) is 8. The molecule has 17 aromatic rings. The Morgan fingerprint density at radius 1 is 0.228 bits per heavy atom. The second-order valence-corrected chi connectivity index (χ2v) is 29.7. The van der Waals surface area contributed by atoms with Gasteiger partial charge in [0.05, 0.1) is 86.8 Å². The van der Waals surface area contributed by atoms with Crippen LogP contribution in [0.4, 0.5) is 23.3 Å². The smallest absolute Gasteiger partial charge is 0.230 e. The van der Waals surface area contributed by atoms with E-state index in [1.54, 1.807) is 24.8 Å². The number of benzene rings is 13. The van der Waals surface area contributed by atoms with Crippen LogP contribution in [-0.4, -0.2) is 83.9 Å². The van der Waals surface area contributed by atoms with Crippen LogP contribution in [0.1, 0.15) is 63.8 Å². The van der Waals surface area contributed by atoms with E-state index < -0.39 is 0 Å². The van der Waals surface area contributed by atoms with Crippen LogP contribution in [0.5, 0.6) is 0 Å². The molecule has 4 aromatic heterocycles. The Bertz CT molecular complexity index is 6460. The molecule has 20 heteroatoms. The number of aliphatic hydroxyl groups excluding tert-OH is 4. The summed E-state index contributed by atoms with van der Waals surface area (Å²) in [6.45, 7) is -0.0251. The summed E-state index contributed by atoms with van der Waals surface area (Å²) in [7, 11) is 0. The molecule has 0 unspecified atom stereocenters. The van der Waals surface area contributed by atoms with Gasteiger partial charge in [-0.2, -0.15) is 0 Å². The van der Waals surface area contributed by atoms with Gasteiger partial charge in [0.25, 0.3) is 0 Å². The van der Waals surface area contributed by atoms with E-state index in [4.69, 9.17) is 19.9 Å². The van der Waals surface area contributed by atoms with Crippen LogP contribution in [0, 0.1) is 0 Å². The molecule has 0 saturated heterocycles. The Kier molecular flexibility index (Phi) is 30.9. The second kappa shape index (κ2) is 44.8. The van der Waals surface area contributed by atoms with Crippen LogP contribution in [0.3, 0.4) is 0 Å². The predicted molar refractivity (Wildman–Crippen MR) is 502 cm³/mol. The zero-order valence-electron chi connectivity index (χ0n) is 69.6. The summed E-state index contributed by atoms with van der Waals surface area (Å²) in [6.07, 6.45) is 10.2. The Hall–Kier alpha value is -15.8. The van der Waals surface area contributed by atoms with E-state index >= 15 is 0 Å². The Balaban J connectivity index is 0.000000137. The van der Waals surface area contributed by atoms with Gasteiger partial charge in [0.2, 0.25) is 23.6 Å². The maximum Gasteiger partial charge on any atom is 0.230 e. The Morgan fingerprint density at radius 2 is 0.488 bits per heavy atom. The lowest BCUT2D eigenvalue weighted by Crippen LogP contribution is -2.16. The van der Waals surface area contributed by atoms with Crippen molar-refractivity contribution in [1.82, 2.24) is 39.9 Å². The number of carbonyl (C=O) groups is 4. The minimum atomic E-state index is -0.151. The lowest BCUT2D eigenvalue weighted by molar-refractivity contribution is -0.117. The number of amides is 4. The number of aryl methyl sites for hydroxylation is 2. The van der Waals surface area contributed by atoms with Crippen LogP contribution in [0.15, 0.2) is 377 Å². The summed E-state index contributed by atoms with van der Waals surface area (Å²) >= 11 is 0. The molecule has 0 aliphatic rings. The summed E-state index contributed by atoms with van der Waals surface area (Å²) in [6, 6.07) is 113. The third-order valence-electron chi connectivity index (χ3n) is 20.6. The van der Waals surface area contributed by atoms with Crippen LogP contribution >= 0.6 is 0 Å². The van der Waals surface area contributed by atoms with Crippen molar-refractivity contribution in [3.63, 3.8) is 0 Å². The number of nitrogens with one attached hydrogen (secondary N) is 4. The first-order valence-corrected chi connectivity index (χ1v) is 41.7. The molecular formula is C107H92N12O8. The topological polar surface area (TPSA) is 300 Å². The first-order valence-electron chi connectivity index (χ1n) is 41.7. The molecule has 0 spiro atoms. The Morgan fingerprint density at radius 3 is 0.811 bits per heavy atom. The SMILES string of the molecule is O=C(CCCc1ccccc1)Nc1ncc(-c2ccc(CO)cc2)nc1-c1ccccc1.O=C(CCc1ccccc1)Nc1ncc(-c2ccc(CO)cc2)nc1-c1ccccc1.O=C(Cc1ccc2ccccc2c1)Nc1ncc(-c2ccc(CO)cc2)nc1-c1ccccc1.O=C(Cc1ccccc1)Nc1ncc(-c2ccc(CO)cc2)nc1-c1ccccc1. The van der Waals surface area contributed by atoms with Gasteiger partial charge in [0.1, 0.15) is 22.8 Å². The number of anilines is 4. The fourth-order valence-corrected chi connectivity index (χ4v) is 13.8. The normalized spacial score (nSPS) is 10.7. The minimum Gasteiger partial charge on any atom is -0.392 e. The number of rotatable bonds is 27. The largest absolute Gasteiger partial charge is 0.392 e. The molecule has 4 heterocycles. The van der Waals surface area contributed by atoms with Crippen LogP contribution < -0.4 is 21.3 Å². The monoisotopic (exact) mass is 1670 g/mol. The van der Waals surface area contributed by atoms with Crippen molar-refractivity contribution >= 4 is 57.7 Å². The summed E-state index contributed by atoms with van der Waals surface area (Å²) in [5.41, 5.74) is 19.9. The van der Waals surface area contributed by atoms with E-state index in [1.807, 2.05) is 334 Å². The molecule has 0 aliphatic carbocycles. The van der Waals surface area contributed by atoms with Crippen molar-refractivity contribution in [3.05, 3.63) is 421 Å². The fourth-order valence-electron chi connectivity index (χ4n) is 13.8. The van der Waals surface area contributed by atoms with E-state index in [2.05, 4.69) is 59.4 Å². The molecule has 0 bridgehead atoms. The van der Waals surface area contributed by atoms with Gasteiger partial charge in [-0.1, -0.05) is 352 Å². The first kappa shape index (κ1) is 87.5. The number of carbonyl (C=O) groups excluding carboxylic acids is 4. The molecule has 0 atom stereocenters. The summed E-state index contributed by atoms with van der Waals surface area (Å²) in [5, 5.41) is 51.1. The molecule has 0 saturated carbocycles. The van der Waals surface area contributed by atoms with E-state index in [0.29, 0.717) is 88.1 Å². The highest BCUT2D eigenvalue weighted by atomic mass is 16.3. The maximum atomic E-state index is 12.9. The summed E-state index contributed by atoms with van der Waals surface area (Å²) < 4.78 is 0. The number of fused-ring (bicyclic) bond motifs is 1. The highest BCUT2D eigenvalue weighted by Crippen LogP contribution is 2.34. The minimum absolute atomic E-state index is 0.00351. The molecule has 0 fully saturated rings. The van der Waals surface area contributed by atoms with E-state index in [9.17, 15) is 39.6 Å². The molecule has 127 heavy (non-hydrogen) atoms. The highest BCUT2D eigenvalue weighted by molar-refractivity contribution is 5.98. The van der Waals surface area contributed by atoms with Gasteiger partial charge in [0.15, 0.2) is 23.3 Å². The van der Waals surface area contributed by atoms with Crippen LogP contribution in [0.2, 0.25) is 0 Å². The number of aromatic nitrogens is 8. The van der Waals surface area contributed by atoms with E-state index in [-0.39, 0.29) is 62.9 Å². The van der Waals surface area contributed by atoms with Crippen LogP contribution in [0.25, 0.3) is 101 Å². The maximum absolute atomic E-state index is 12.9. The van der Waals surface area contributed by atoms with Crippen molar-refractivity contribution < 1.29 is 39.6 Å². The van der Waals surface area contributed by atoms with Gasteiger partial charge >= 0.3 is 0 Å². The number of hydrogen-bond acceptors (Lipinski definition) is 16. The van der Waals surface area contributed by atoms with Gasteiger partial charge in [0, 0.05) is 57.3 Å². The third kappa shape index (κ3) is 25.0. The van der Waals surface area contributed by atoms with E-state index in [0.717, 1.165) is 107 Å². The van der Waals surface area contributed by atoms with Crippen LogP contribution in [-0.2, 0) is 71.3 Å². The quantitative estimate of drug-likeness (QED) is 0.0237. The molecule has 4 amide bonds. The highest BCUT2D eigenvalue weighted by Gasteiger charge is 2.21. The van der Waals surface area contributed by atoms with Crippen molar-refractivity contribution in [3.8, 4) is 90.1 Å². The lowest BCUT2D eigenvalue weighted by atomic mass is 10.0. The van der Waals surface area contributed by atoms with Crippen molar-refractivity contribution in [2.24, 2.45) is 0 Å². The summed E-state index contributed by atoms with van der Waals surface area (Å²) in [4.78, 5) is 88.1. The zero-order chi connectivity index (χ0) is 87.7. The second-order valence-electron chi connectivity index (χ2n) is 29.7. The third-order valence-corrected chi connectivity index (χ3v) is 20.6. The van der Waals surface area contributed by atoms with Gasteiger partial charge in [-0.25, -0.2) is 39.9 Å².